The highest BCUT2D eigenvalue weighted by molar-refractivity contribution is 6.05. The first kappa shape index (κ1) is 13.1. The molecule has 1 atom stereocenters. The molecule has 1 amide bonds. The third-order valence-corrected chi connectivity index (χ3v) is 3.41. The molecule has 18 heavy (non-hydrogen) atoms. The summed E-state index contributed by atoms with van der Waals surface area (Å²) in [5, 5.41) is 3.36. The van der Waals surface area contributed by atoms with Crippen LogP contribution in [0.1, 0.15) is 43.9 Å². The van der Waals surface area contributed by atoms with Crippen molar-refractivity contribution in [2.75, 3.05) is 18.0 Å². The minimum atomic E-state index is -0.147. The average molecular weight is 246 g/mol. The summed E-state index contributed by atoms with van der Waals surface area (Å²) in [6.07, 6.45) is 2.03. The Morgan fingerprint density at radius 3 is 2.72 bits per heavy atom. The SMILES string of the molecule is CCCNC1C(=O)N(CCC)c2c(C)cccc21. The second-order valence-corrected chi connectivity index (χ2v) is 4.89. The lowest BCUT2D eigenvalue weighted by atomic mass is 10.1. The maximum Gasteiger partial charge on any atom is 0.248 e. The number of nitrogens with one attached hydrogen (secondary N) is 1. The molecule has 0 aromatic heterocycles. The molecule has 0 bridgehead atoms. The van der Waals surface area contributed by atoms with Crippen LogP contribution in [-0.2, 0) is 4.79 Å². The maximum atomic E-state index is 12.5. The summed E-state index contributed by atoms with van der Waals surface area (Å²) in [5.41, 5.74) is 3.45. The van der Waals surface area contributed by atoms with Crippen LogP contribution in [-0.4, -0.2) is 19.0 Å². The number of fused-ring (bicyclic) bond motifs is 1. The van der Waals surface area contributed by atoms with Gasteiger partial charge in [-0.2, -0.15) is 0 Å². The van der Waals surface area contributed by atoms with E-state index < -0.39 is 0 Å². The van der Waals surface area contributed by atoms with Crippen LogP contribution >= 0.6 is 0 Å². The van der Waals surface area contributed by atoms with Gasteiger partial charge in [-0.25, -0.2) is 0 Å². The van der Waals surface area contributed by atoms with Crippen LogP contribution < -0.4 is 10.2 Å². The topological polar surface area (TPSA) is 32.3 Å². The molecule has 0 fully saturated rings. The summed E-state index contributed by atoms with van der Waals surface area (Å²) in [6, 6.07) is 6.05. The summed E-state index contributed by atoms with van der Waals surface area (Å²) < 4.78 is 0. The fraction of sp³-hybridized carbons (Fsp3) is 0.533. The first-order chi connectivity index (χ1) is 8.70. The highest BCUT2D eigenvalue weighted by Crippen LogP contribution is 2.38. The van der Waals surface area contributed by atoms with E-state index in [0.29, 0.717) is 0 Å². The summed E-state index contributed by atoms with van der Waals surface area (Å²) in [7, 11) is 0. The minimum absolute atomic E-state index is 0.147. The molecule has 1 aliphatic heterocycles. The van der Waals surface area contributed by atoms with E-state index in [1.807, 2.05) is 11.0 Å². The number of hydrogen-bond donors (Lipinski definition) is 1. The number of benzene rings is 1. The van der Waals surface area contributed by atoms with Gasteiger partial charge in [0.25, 0.3) is 0 Å². The van der Waals surface area contributed by atoms with Crippen molar-refractivity contribution in [2.45, 2.75) is 39.7 Å². The van der Waals surface area contributed by atoms with Gasteiger partial charge in [0.05, 0.1) is 5.69 Å². The Bertz CT molecular complexity index is 442. The zero-order valence-corrected chi connectivity index (χ0v) is 11.5. The van der Waals surface area contributed by atoms with Crippen molar-refractivity contribution >= 4 is 11.6 Å². The highest BCUT2D eigenvalue weighted by atomic mass is 16.2. The van der Waals surface area contributed by atoms with Gasteiger partial charge in [0.1, 0.15) is 6.04 Å². The van der Waals surface area contributed by atoms with Gasteiger partial charge < -0.3 is 10.2 Å². The molecule has 0 aliphatic carbocycles. The second-order valence-electron chi connectivity index (χ2n) is 4.89. The second kappa shape index (κ2) is 5.53. The van der Waals surface area contributed by atoms with E-state index in [4.69, 9.17) is 0 Å². The molecule has 1 heterocycles. The summed E-state index contributed by atoms with van der Waals surface area (Å²) in [5.74, 6) is 0.203. The Kier molecular flexibility index (Phi) is 4.02. The quantitative estimate of drug-likeness (QED) is 0.866. The average Bonchev–Trinajstić information content (AvgIpc) is 2.62. The van der Waals surface area contributed by atoms with Crippen molar-refractivity contribution < 1.29 is 4.79 Å². The molecule has 1 aliphatic rings. The predicted octanol–water partition coefficient (Wildman–Crippen LogP) is 2.79. The van der Waals surface area contributed by atoms with Gasteiger partial charge in [-0.05, 0) is 31.9 Å². The maximum absolute atomic E-state index is 12.5. The number of amides is 1. The molecule has 2 rings (SSSR count). The van der Waals surface area contributed by atoms with Crippen LogP contribution in [0, 0.1) is 6.92 Å². The van der Waals surface area contributed by atoms with Crippen LogP contribution in [0.4, 0.5) is 5.69 Å². The van der Waals surface area contributed by atoms with Crippen LogP contribution in [0.3, 0.4) is 0 Å². The van der Waals surface area contributed by atoms with E-state index >= 15 is 0 Å². The molecular formula is C15H22N2O. The van der Waals surface area contributed by atoms with E-state index in [1.165, 1.54) is 5.56 Å². The molecule has 0 saturated heterocycles. The Morgan fingerprint density at radius 1 is 1.28 bits per heavy atom. The fourth-order valence-electron chi connectivity index (χ4n) is 2.61. The summed E-state index contributed by atoms with van der Waals surface area (Å²) >= 11 is 0. The monoisotopic (exact) mass is 246 g/mol. The Balaban J connectivity index is 2.37. The summed E-state index contributed by atoms with van der Waals surface area (Å²) in [6.45, 7) is 7.99. The van der Waals surface area contributed by atoms with E-state index in [2.05, 4.69) is 38.2 Å². The van der Waals surface area contributed by atoms with E-state index in [0.717, 1.165) is 37.2 Å². The Morgan fingerprint density at radius 2 is 2.06 bits per heavy atom. The van der Waals surface area contributed by atoms with Gasteiger partial charge >= 0.3 is 0 Å². The van der Waals surface area contributed by atoms with Crippen LogP contribution in [0.2, 0.25) is 0 Å². The molecule has 1 N–H and O–H groups in total. The molecule has 1 aromatic rings. The third-order valence-electron chi connectivity index (χ3n) is 3.41. The number of anilines is 1. The number of rotatable bonds is 5. The summed E-state index contributed by atoms with van der Waals surface area (Å²) in [4.78, 5) is 14.4. The van der Waals surface area contributed by atoms with Crippen molar-refractivity contribution in [1.29, 1.82) is 0 Å². The standard InChI is InChI=1S/C15H22N2O/c1-4-9-16-13-12-8-6-7-11(3)14(12)17(10-5-2)15(13)18/h6-8,13,16H,4-5,9-10H2,1-3H3. The van der Waals surface area contributed by atoms with Crippen molar-refractivity contribution in [3.05, 3.63) is 29.3 Å². The van der Waals surface area contributed by atoms with Gasteiger partial charge in [-0.1, -0.05) is 32.0 Å². The van der Waals surface area contributed by atoms with Crippen molar-refractivity contribution in [3.8, 4) is 0 Å². The van der Waals surface area contributed by atoms with Gasteiger partial charge in [0, 0.05) is 12.1 Å². The number of carbonyl (C=O) groups excluding carboxylic acids is 1. The van der Waals surface area contributed by atoms with E-state index in [-0.39, 0.29) is 11.9 Å². The van der Waals surface area contributed by atoms with Crippen molar-refractivity contribution in [1.82, 2.24) is 5.32 Å². The van der Waals surface area contributed by atoms with Gasteiger partial charge in [0.15, 0.2) is 0 Å². The normalized spacial score (nSPS) is 18.3. The molecular weight excluding hydrogens is 224 g/mol. The Hall–Kier alpha value is -1.35. The molecule has 1 unspecified atom stereocenters. The highest BCUT2D eigenvalue weighted by Gasteiger charge is 2.36. The number of nitrogens with zero attached hydrogens (tertiary/aromatic N) is 1. The zero-order chi connectivity index (χ0) is 13.1. The smallest absolute Gasteiger partial charge is 0.248 e. The van der Waals surface area contributed by atoms with Crippen molar-refractivity contribution in [3.63, 3.8) is 0 Å². The lowest BCUT2D eigenvalue weighted by molar-refractivity contribution is -0.120. The number of carbonyl (C=O) groups is 1. The van der Waals surface area contributed by atoms with Gasteiger partial charge in [-0.15, -0.1) is 0 Å². The van der Waals surface area contributed by atoms with E-state index in [9.17, 15) is 4.79 Å². The lowest BCUT2D eigenvalue weighted by Gasteiger charge is -2.18. The fourth-order valence-corrected chi connectivity index (χ4v) is 2.61. The van der Waals surface area contributed by atoms with Gasteiger partial charge in [0.2, 0.25) is 5.91 Å². The number of hydrogen-bond acceptors (Lipinski definition) is 2. The molecule has 1 aromatic carbocycles. The van der Waals surface area contributed by atoms with Crippen LogP contribution in [0.25, 0.3) is 0 Å². The predicted molar refractivity (Wildman–Crippen MR) is 74.9 cm³/mol. The first-order valence-electron chi connectivity index (χ1n) is 6.85. The minimum Gasteiger partial charge on any atom is -0.310 e. The molecule has 3 heteroatoms. The number of aryl methyl sites for hydroxylation is 1. The van der Waals surface area contributed by atoms with Crippen LogP contribution in [0.5, 0.6) is 0 Å². The molecule has 3 nitrogen and oxygen atoms in total. The largest absolute Gasteiger partial charge is 0.310 e. The Labute approximate surface area is 109 Å². The molecule has 98 valence electrons. The molecule has 0 radical (unpaired) electrons. The number of para-hydroxylation sites is 1. The van der Waals surface area contributed by atoms with E-state index in [1.54, 1.807) is 0 Å². The molecule has 0 spiro atoms. The molecule has 0 saturated carbocycles. The van der Waals surface area contributed by atoms with Crippen LogP contribution in [0.15, 0.2) is 18.2 Å². The first-order valence-corrected chi connectivity index (χ1v) is 6.85. The van der Waals surface area contributed by atoms with Gasteiger partial charge in [-0.3, -0.25) is 4.79 Å². The zero-order valence-electron chi connectivity index (χ0n) is 11.5. The third kappa shape index (κ3) is 2.15. The lowest BCUT2D eigenvalue weighted by Crippen LogP contribution is -2.35. The van der Waals surface area contributed by atoms with Crippen molar-refractivity contribution in [2.24, 2.45) is 0 Å².